The van der Waals surface area contributed by atoms with E-state index in [0.717, 1.165) is 12.8 Å². The Balaban J connectivity index is 2.72. The van der Waals surface area contributed by atoms with Gasteiger partial charge in [-0.2, -0.15) is 0 Å². The van der Waals surface area contributed by atoms with Crippen LogP contribution in [0.25, 0.3) is 0 Å². The highest BCUT2D eigenvalue weighted by atomic mass is 35.5. The van der Waals surface area contributed by atoms with Crippen molar-refractivity contribution in [3.63, 3.8) is 0 Å². The van der Waals surface area contributed by atoms with Crippen molar-refractivity contribution in [1.82, 2.24) is 0 Å². The normalized spacial score (nSPS) is 34.1. The Hall–Kier alpha value is 0.240. The lowest BCUT2D eigenvalue weighted by atomic mass is 10.3. The highest BCUT2D eigenvalue weighted by Crippen LogP contribution is 2.21. The lowest BCUT2D eigenvalue weighted by Crippen LogP contribution is -2.23. The van der Waals surface area contributed by atoms with Crippen LogP contribution in [0.3, 0.4) is 0 Å². The van der Waals surface area contributed by atoms with Gasteiger partial charge in [-0.15, -0.1) is 11.6 Å². The minimum absolute atomic E-state index is 0.279. The summed E-state index contributed by atoms with van der Waals surface area (Å²) in [7, 11) is -2.90. The molecule has 0 spiro atoms. The molecule has 0 radical (unpaired) electrons. The average Bonchev–Trinajstić information content (AvgIpc) is 1.77. The van der Waals surface area contributed by atoms with Gasteiger partial charge in [0.1, 0.15) is 4.71 Å². The molecule has 0 aliphatic carbocycles. The van der Waals surface area contributed by atoms with E-state index in [4.69, 9.17) is 11.6 Å². The molecule has 1 atom stereocenters. The van der Waals surface area contributed by atoms with E-state index in [9.17, 15) is 8.42 Å². The minimum Gasteiger partial charge on any atom is -0.227 e. The van der Waals surface area contributed by atoms with E-state index in [2.05, 4.69) is 0 Å². The molecule has 1 heterocycles. The molecule has 0 aromatic rings. The van der Waals surface area contributed by atoms with E-state index in [1.807, 2.05) is 0 Å². The van der Waals surface area contributed by atoms with Crippen LogP contribution in [0.1, 0.15) is 19.3 Å². The maximum Gasteiger partial charge on any atom is 0.167 e. The third kappa shape index (κ3) is 1.58. The van der Waals surface area contributed by atoms with Crippen molar-refractivity contribution in [2.45, 2.75) is 24.0 Å². The van der Waals surface area contributed by atoms with Gasteiger partial charge in [0.05, 0.1) is 5.75 Å². The Morgan fingerprint density at radius 1 is 1.33 bits per heavy atom. The van der Waals surface area contributed by atoms with Gasteiger partial charge in [0.15, 0.2) is 9.84 Å². The van der Waals surface area contributed by atoms with Crippen molar-refractivity contribution in [3.8, 4) is 0 Å². The molecular formula is C5H9ClO2S. The number of halogens is 1. The zero-order chi connectivity index (χ0) is 6.91. The Kier molecular flexibility index (Phi) is 2.01. The molecule has 1 aliphatic rings. The van der Waals surface area contributed by atoms with Gasteiger partial charge in [-0.25, -0.2) is 8.42 Å². The van der Waals surface area contributed by atoms with Gasteiger partial charge in [-0.1, -0.05) is 0 Å². The first kappa shape index (κ1) is 7.35. The molecule has 0 amide bonds. The van der Waals surface area contributed by atoms with E-state index >= 15 is 0 Å². The van der Waals surface area contributed by atoms with E-state index in [1.165, 1.54) is 0 Å². The van der Waals surface area contributed by atoms with Crippen LogP contribution in [-0.4, -0.2) is 18.9 Å². The topological polar surface area (TPSA) is 34.1 Å². The minimum atomic E-state index is -2.90. The zero-order valence-corrected chi connectivity index (χ0v) is 6.58. The summed E-state index contributed by atoms with van der Waals surface area (Å²) in [5, 5.41) is 0. The summed E-state index contributed by atoms with van der Waals surface area (Å²) in [4.78, 5) is 0. The van der Waals surface area contributed by atoms with E-state index < -0.39 is 14.5 Å². The summed E-state index contributed by atoms with van der Waals surface area (Å²) in [6.45, 7) is 0. The molecule has 1 saturated heterocycles. The van der Waals surface area contributed by atoms with Crippen LogP contribution >= 0.6 is 11.6 Å². The molecule has 54 valence electrons. The van der Waals surface area contributed by atoms with Gasteiger partial charge in [0.2, 0.25) is 0 Å². The molecule has 0 aromatic heterocycles. The number of hydrogen-bond acceptors (Lipinski definition) is 2. The maximum absolute atomic E-state index is 10.8. The Bertz CT molecular complexity index is 185. The van der Waals surface area contributed by atoms with Crippen molar-refractivity contribution < 1.29 is 8.42 Å². The van der Waals surface area contributed by atoms with Crippen molar-refractivity contribution in [2.24, 2.45) is 0 Å². The largest absolute Gasteiger partial charge is 0.227 e. The smallest absolute Gasteiger partial charge is 0.167 e. The van der Waals surface area contributed by atoms with Crippen LogP contribution < -0.4 is 0 Å². The standard InChI is InChI=1S/C5H9ClO2S/c6-5-3-1-2-4-9(5,7)8/h5H,1-4H2/t5-/m0/s1. The monoisotopic (exact) mass is 168 g/mol. The van der Waals surface area contributed by atoms with Crippen LogP contribution in [0.2, 0.25) is 0 Å². The second kappa shape index (κ2) is 2.46. The van der Waals surface area contributed by atoms with E-state index in [1.54, 1.807) is 0 Å². The Labute approximate surface area is 60.1 Å². The fourth-order valence-electron chi connectivity index (χ4n) is 0.916. The molecule has 1 rings (SSSR count). The first-order valence-corrected chi connectivity index (χ1v) is 5.14. The van der Waals surface area contributed by atoms with Crippen LogP contribution in [0.15, 0.2) is 0 Å². The lowest BCUT2D eigenvalue weighted by Gasteiger charge is -2.15. The summed E-state index contributed by atoms with van der Waals surface area (Å²) in [5.74, 6) is 0.279. The molecule has 4 heteroatoms. The number of sulfone groups is 1. The maximum atomic E-state index is 10.8. The molecule has 9 heavy (non-hydrogen) atoms. The first-order valence-electron chi connectivity index (χ1n) is 2.98. The summed E-state index contributed by atoms with van der Waals surface area (Å²) in [6, 6.07) is 0. The van der Waals surface area contributed by atoms with Gasteiger partial charge < -0.3 is 0 Å². The third-order valence-electron chi connectivity index (χ3n) is 1.50. The second-order valence-electron chi connectivity index (χ2n) is 2.27. The molecule has 1 aliphatic heterocycles. The number of rotatable bonds is 0. The highest BCUT2D eigenvalue weighted by Gasteiger charge is 2.25. The first-order chi connectivity index (χ1) is 4.13. The van der Waals surface area contributed by atoms with Crippen molar-refractivity contribution >= 4 is 21.4 Å². The molecular weight excluding hydrogens is 160 g/mol. The second-order valence-corrected chi connectivity index (χ2v) is 5.36. The van der Waals surface area contributed by atoms with Gasteiger partial charge in [0, 0.05) is 0 Å². The molecule has 2 nitrogen and oxygen atoms in total. The molecule has 0 N–H and O–H groups in total. The summed E-state index contributed by atoms with van der Waals surface area (Å²) >= 11 is 5.52. The van der Waals surface area contributed by atoms with Crippen LogP contribution in [0.4, 0.5) is 0 Å². The molecule has 0 aromatic carbocycles. The lowest BCUT2D eigenvalue weighted by molar-refractivity contribution is 0.567. The van der Waals surface area contributed by atoms with E-state index in [0.29, 0.717) is 6.42 Å². The predicted molar refractivity (Wildman–Crippen MR) is 37.3 cm³/mol. The zero-order valence-electron chi connectivity index (χ0n) is 5.01. The third-order valence-corrected chi connectivity index (χ3v) is 4.40. The summed E-state index contributed by atoms with van der Waals surface area (Å²) in [5.41, 5.74) is 0. The van der Waals surface area contributed by atoms with E-state index in [-0.39, 0.29) is 5.75 Å². The van der Waals surface area contributed by atoms with Crippen LogP contribution in [0, 0.1) is 0 Å². The predicted octanol–water partition coefficient (Wildman–Crippen LogP) is 1.15. The molecule has 1 fully saturated rings. The summed E-state index contributed by atoms with van der Waals surface area (Å²) < 4.78 is 21.1. The average molecular weight is 169 g/mol. The quantitative estimate of drug-likeness (QED) is 0.509. The molecule has 0 unspecified atom stereocenters. The van der Waals surface area contributed by atoms with Crippen molar-refractivity contribution in [1.29, 1.82) is 0 Å². The van der Waals surface area contributed by atoms with Gasteiger partial charge in [-0.05, 0) is 19.3 Å². The number of hydrogen-bond donors (Lipinski definition) is 0. The van der Waals surface area contributed by atoms with Gasteiger partial charge in [0.25, 0.3) is 0 Å². The van der Waals surface area contributed by atoms with Crippen molar-refractivity contribution in [2.75, 3.05) is 5.75 Å². The fourth-order valence-corrected chi connectivity index (χ4v) is 2.73. The Morgan fingerprint density at radius 3 is 2.33 bits per heavy atom. The Morgan fingerprint density at radius 2 is 2.00 bits per heavy atom. The number of alkyl halides is 1. The SMILES string of the molecule is O=S1(=O)CCCC[C@H]1Cl. The van der Waals surface area contributed by atoms with Crippen LogP contribution in [-0.2, 0) is 9.84 Å². The van der Waals surface area contributed by atoms with Gasteiger partial charge >= 0.3 is 0 Å². The summed E-state index contributed by atoms with van der Waals surface area (Å²) in [6.07, 6.45) is 2.36. The van der Waals surface area contributed by atoms with Crippen molar-refractivity contribution in [3.05, 3.63) is 0 Å². The highest BCUT2D eigenvalue weighted by molar-refractivity contribution is 7.93. The fraction of sp³-hybridized carbons (Fsp3) is 1.00. The van der Waals surface area contributed by atoms with Crippen LogP contribution in [0.5, 0.6) is 0 Å². The molecule has 0 saturated carbocycles. The molecule has 0 bridgehead atoms. The van der Waals surface area contributed by atoms with Gasteiger partial charge in [-0.3, -0.25) is 0 Å².